The number of carboxylic acids is 1. The number of aromatic nitrogens is 2. The van der Waals surface area contributed by atoms with Gasteiger partial charge in [0.05, 0.1) is 6.20 Å². The molecule has 0 spiro atoms. The van der Waals surface area contributed by atoms with E-state index in [-0.39, 0.29) is 5.69 Å². The Hall–Kier alpha value is -1.84. The Morgan fingerprint density at radius 2 is 2.31 bits per heavy atom. The van der Waals surface area contributed by atoms with Crippen LogP contribution in [0.25, 0.3) is 11.1 Å². The van der Waals surface area contributed by atoms with Crippen molar-refractivity contribution in [2.24, 2.45) is 7.05 Å². The van der Waals surface area contributed by atoms with Crippen molar-refractivity contribution < 1.29 is 9.90 Å². The Kier molecular flexibility index (Phi) is 1.55. The minimum atomic E-state index is -0.952. The molecule has 1 heterocycles. The zero-order valence-electron chi connectivity index (χ0n) is 7.06. The summed E-state index contributed by atoms with van der Waals surface area (Å²) < 4.78 is 1.37. The molecule has 4 heteroatoms. The summed E-state index contributed by atoms with van der Waals surface area (Å²) >= 11 is 0. The van der Waals surface area contributed by atoms with Crippen molar-refractivity contribution >= 4 is 5.97 Å². The Morgan fingerprint density at radius 3 is 3.00 bits per heavy atom. The van der Waals surface area contributed by atoms with Gasteiger partial charge in [-0.25, -0.2) is 4.79 Å². The minimum Gasteiger partial charge on any atom is -0.477 e. The number of aryl methyl sites for hydroxylation is 1. The van der Waals surface area contributed by atoms with Gasteiger partial charge in [0, 0.05) is 18.2 Å². The van der Waals surface area contributed by atoms with Gasteiger partial charge in [0.2, 0.25) is 0 Å². The first kappa shape index (κ1) is 7.79. The van der Waals surface area contributed by atoms with Crippen molar-refractivity contribution in [1.82, 2.24) is 9.78 Å². The first-order valence-corrected chi connectivity index (χ1v) is 3.84. The summed E-state index contributed by atoms with van der Waals surface area (Å²) in [5.41, 5.74) is 1.81. The molecule has 0 saturated carbocycles. The predicted octanol–water partition coefficient (Wildman–Crippen LogP) is 1.22. The molecule has 13 heavy (non-hydrogen) atoms. The number of carboxylic acid groups (broad SMARTS) is 1. The van der Waals surface area contributed by atoms with E-state index < -0.39 is 5.97 Å². The summed E-state index contributed by atoms with van der Waals surface area (Å²) in [6, 6.07) is 5.44. The number of nitrogens with zero attached hydrogens (tertiary/aromatic N) is 2. The number of rotatable bonds is 1. The number of carbonyl (C=O) groups is 1. The average Bonchev–Trinajstić information content (AvgIpc) is 2.50. The molecular weight excluding hydrogens is 168 g/mol. The van der Waals surface area contributed by atoms with Gasteiger partial charge < -0.3 is 5.11 Å². The van der Waals surface area contributed by atoms with Crippen LogP contribution in [0.4, 0.5) is 0 Å². The fraction of sp³-hybridized carbons (Fsp3) is 0.111. The van der Waals surface area contributed by atoms with Crippen LogP contribution in [-0.2, 0) is 7.05 Å². The zero-order valence-corrected chi connectivity index (χ0v) is 7.06. The summed E-state index contributed by atoms with van der Waals surface area (Å²) in [7, 11) is 1.62. The normalized spacial score (nSPS) is 10.5. The largest absolute Gasteiger partial charge is 0.477 e. The molecule has 0 bridgehead atoms. The third-order valence-electron chi connectivity index (χ3n) is 2.00. The van der Waals surface area contributed by atoms with E-state index in [0.29, 0.717) is 0 Å². The van der Waals surface area contributed by atoms with Gasteiger partial charge in [-0.3, -0.25) is 4.68 Å². The quantitative estimate of drug-likeness (QED) is 0.710. The summed E-state index contributed by atoms with van der Waals surface area (Å²) in [5, 5.41) is 12.9. The highest BCUT2D eigenvalue weighted by atomic mass is 16.4. The van der Waals surface area contributed by atoms with E-state index in [0.717, 1.165) is 11.1 Å². The van der Waals surface area contributed by atoms with E-state index in [4.69, 9.17) is 5.11 Å². The fourth-order valence-electron chi connectivity index (χ4n) is 1.40. The second kappa shape index (κ2) is 2.58. The Morgan fingerprint density at radius 1 is 1.54 bits per heavy atom. The van der Waals surface area contributed by atoms with Crippen LogP contribution in [0.5, 0.6) is 0 Å². The number of fused-ring (bicyclic) bond motifs is 1. The first-order valence-electron chi connectivity index (χ1n) is 3.84. The van der Waals surface area contributed by atoms with Gasteiger partial charge in [0.1, 0.15) is 0 Å². The minimum absolute atomic E-state index is 0.225. The molecule has 0 aromatic rings. The maximum Gasteiger partial charge on any atom is 0.354 e. The van der Waals surface area contributed by atoms with Crippen LogP contribution >= 0.6 is 0 Å². The van der Waals surface area contributed by atoms with Crippen molar-refractivity contribution in [2.75, 3.05) is 0 Å². The van der Waals surface area contributed by atoms with Gasteiger partial charge in [-0.1, -0.05) is 18.2 Å². The molecule has 0 fully saturated rings. The van der Waals surface area contributed by atoms with Crippen LogP contribution in [0, 0.1) is 0 Å². The molecule has 1 aliphatic heterocycles. The lowest BCUT2D eigenvalue weighted by molar-refractivity contribution is 0.0684. The van der Waals surface area contributed by atoms with Crippen LogP contribution in [0.1, 0.15) is 10.5 Å². The van der Waals surface area contributed by atoms with Gasteiger partial charge in [0.25, 0.3) is 0 Å². The molecule has 0 unspecified atom stereocenters. The second-order valence-corrected chi connectivity index (χ2v) is 2.82. The van der Waals surface area contributed by atoms with E-state index >= 15 is 0 Å². The van der Waals surface area contributed by atoms with Crippen LogP contribution in [-0.4, -0.2) is 20.9 Å². The molecule has 0 saturated heterocycles. The highest BCUT2D eigenvalue weighted by Crippen LogP contribution is 2.24. The van der Waals surface area contributed by atoms with Gasteiger partial charge >= 0.3 is 5.97 Å². The third-order valence-corrected chi connectivity index (χ3v) is 2.00. The van der Waals surface area contributed by atoms with Crippen molar-refractivity contribution in [2.45, 2.75) is 0 Å². The van der Waals surface area contributed by atoms with Crippen molar-refractivity contribution in [3.05, 3.63) is 30.1 Å². The molecule has 1 aliphatic carbocycles. The Labute approximate surface area is 74.8 Å². The summed E-state index contributed by atoms with van der Waals surface area (Å²) in [6.45, 7) is 0. The SMILES string of the molecule is Cn1ncc2cccc-2c1C(=O)O. The Bertz CT molecular complexity index is 433. The average molecular weight is 176 g/mol. The van der Waals surface area contributed by atoms with Gasteiger partial charge in [-0.2, -0.15) is 5.10 Å². The number of aromatic carboxylic acids is 1. The number of hydrogen-bond acceptors (Lipinski definition) is 2. The molecule has 1 N–H and O–H groups in total. The zero-order chi connectivity index (χ0) is 9.42. The lowest BCUT2D eigenvalue weighted by Gasteiger charge is -2.07. The van der Waals surface area contributed by atoms with E-state index in [1.54, 1.807) is 19.3 Å². The first-order chi connectivity index (χ1) is 6.20. The molecule has 0 aromatic carbocycles. The molecule has 0 atom stereocenters. The molecule has 66 valence electrons. The van der Waals surface area contributed by atoms with Gasteiger partial charge in [-0.15, -0.1) is 0 Å². The smallest absolute Gasteiger partial charge is 0.354 e. The standard InChI is InChI=1S/C9H8N2O2/c1-11-8(9(12)13)7-4-2-3-6(7)5-10-11/h2-5H,1H3,(H,12,13). The highest BCUT2D eigenvalue weighted by molar-refractivity contribution is 5.94. The fourth-order valence-corrected chi connectivity index (χ4v) is 1.40. The molecule has 2 rings (SSSR count). The van der Waals surface area contributed by atoms with Crippen LogP contribution in [0.3, 0.4) is 0 Å². The molecule has 0 aromatic heterocycles. The Balaban J connectivity index is 2.79. The maximum atomic E-state index is 10.9. The lowest BCUT2D eigenvalue weighted by Crippen LogP contribution is -2.12. The van der Waals surface area contributed by atoms with E-state index in [1.807, 2.05) is 12.1 Å². The van der Waals surface area contributed by atoms with Crippen molar-refractivity contribution in [3.63, 3.8) is 0 Å². The van der Waals surface area contributed by atoms with E-state index in [9.17, 15) is 4.79 Å². The topological polar surface area (TPSA) is 55.1 Å². The van der Waals surface area contributed by atoms with Crippen molar-refractivity contribution in [3.8, 4) is 11.1 Å². The van der Waals surface area contributed by atoms with E-state index in [1.165, 1.54) is 4.68 Å². The van der Waals surface area contributed by atoms with Gasteiger partial charge in [0.15, 0.2) is 5.69 Å². The molecule has 4 nitrogen and oxygen atoms in total. The second-order valence-electron chi connectivity index (χ2n) is 2.82. The molecule has 0 amide bonds. The third kappa shape index (κ3) is 1.07. The molecule has 0 radical (unpaired) electrons. The maximum absolute atomic E-state index is 10.9. The molecule has 2 aliphatic rings. The molecular formula is C9H8N2O2. The monoisotopic (exact) mass is 176 g/mol. The number of hydrogen-bond donors (Lipinski definition) is 1. The van der Waals surface area contributed by atoms with Crippen LogP contribution in [0.2, 0.25) is 0 Å². The lowest BCUT2D eigenvalue weighted by atomic mass is 10.1. The van der Waals surface area contributed by atoms with Crippen LogP contribution < -0.4 is 0 Å². The summed E-state index contributed by atoms with van der Waals surface area (Å²) in [4.78, 5) is 10.9. The summed E-state index contributed by atoms with van der Waals surface area (Å²) in [6.07, 6.45) is 1.65. The van der Waals surface area contributed by atoms with Crippen LogP contribution in [0.15, 0.2) is 24.4 Å². The van der Waals surface area contributed by atoms with Gasteiger partial charge in [-0.05, 0) is 0 Å². The summed E-state index contributed by atoms with van der Waals surface area (Å²) in [5.74, 6) is -0.952. The highest BCUT2D eigenvalue weighted by Gasteiger charge is 2.16. The predicted molar refractivity (Wildman–Crippen MR) is 46.8 cm³/mol. The van der Waals surface area contributed by atoms with E-state index in [2.05, 4.69) is 5.10 Å². The van der Waals surface area contributed by atoms with Crippen molar-refractivity contribution in [1.29, 1.82) is 0 Å².